The van der Waals surface area contributed by atoms with Gasteiger partial charge in [0.1, 0.15) is 5.82 Å². The molecule has 5 rings (SSSR count). The van der Waals surface area contributed by atoms with E-state index in [0.717, 1.165) is 50.2 Å². The van der Waals surface area contributed by atoms with Gasteiger partial charge in [-0.3, -0.25) is 4.79 Å². The number of urea groups is 1. The van der Waals surface area contributed by atoms with Crippen LogP contribution >= 0.6 is 0 Å². The number of benzene rings is 1. The van der Waals surface area contributed by atoms with Crippen molar-refractivity contribution in [1.82, 2.24) is 25.5 Å². The average molecular weight is 437 g/mol. The molecule has 3 heterocycles. The number of nitrogens with zero attached hydrogens (tertiary/aromatic N) is 2. The summed E-state index contributed by atoms with van der Waals surface area (Å²) in [4.78, 5) is 36.0. The summed E-state index contributed by atoms with van der Waals surface area (Å²) in [5.74, 6) is 1.17. The minimum atomic E-state index is -0.179. The largest absolute Gasteiger partial charge is 0.375 e. The van der Waals surface area contributed by atoms with Crippen molar-refractivity contribution in [2.75, 3.05) is 18.4 Å². The van der Waals surface area contributed by atoms with Crippen molar-refractivity contribution in [3.05, 3.63) is 48.0 Å². The molecule has 0 bridgehead atoms. The number of likely N-dealkylation sites (tertiary alicyclic amines) is 1. The van der Waals surface area contributed by atoms with Crippen molar-refractivity contribution in [2.24, 2.45) is 11.8 Å². The van der Waals surface area contributed by atoms with E-state index >= 15 is 0 Å². The number of nitrogens with one attached hydrogen (secondary N) is 4. The van der Waals surface area contributed by atoms with Gasteiger partial charge >= 0.3 is 6.03 Å². The summed E-state index contributed by atoms with van der Waals surface area (Å²) >= 11 is 0. The number of fused-ring (bicyclic) bond motifs is 3. The molecule has 1 aromatic carbocycles. The van der Waals surface area contributed by atoms with E-state index in [2.05, 4.69) is 43.0 Å². The Morgan fingerprint density at radius 3 is 2.84 bits per heavy atom. The van der Waals surface area contributed by atoms with Crippen LogP contribution in [0.3, 0.4) is 0 Å². The van der Waals surface area contributed by atoms with Gasteiger partial charge in [-0.05, 0) is 37.8 Å². The molecule has 2 fully saturated rings. The molecule has 4 N–H and O–H groups in total. The van der Waals surface area contributed by atoms with Crippen LogP contribution < -0.4 is 16.0 Å². The van der Waals surface area contributed by atoms with E-state index in [9.17, 15) is 9.59 Å². The van der Waals surface area contributed by atoms with Gasteiger partial charge in [0.2, 0.25) is 5.91 Å². The number of imidazole rings is 1. The molecular formula is C24H32N6O2. The number of hydrogen-bond donors (Lipinski definition) is 4. The van der Waals surface area contributed by atoms with Crippen LogP contribution in [0.2, 0.25) is 0 Å². The quantitative estimate of drug-likeness (QED) is 0.590. The van der Waals surface area contributed by atoms with Crippen LogP contribution in [0.25, 0.3) is 0 Å². The van der Waals surface area contributed by atoms with Gasteiger partial charge in [-0.2, -0.15) is 0 Å². The molecule has 0 unspecified atom stereocenters. The van der Waals surface area contributed by atoms with Crippen molar-refractivity contribution < 1.29 is 9.59 Å². The molecule has 170 valence electrons. The van der Waals surface area contributed by atoms with Crippen molar-refractivity contribution >= 4 is 17.6 Å². The van der Waals surface area contributed by atoms with E-state index < -0.39 is 0 Å². The molecule has 3 amide bonds. The molecule has 0 radical (unpaired) electrons. The van der Waals surface area contributed by atoms with Gasteiger partial charge in [0.25, 0.3) is 0 Å². The van der Waals surface area contributed by atoms with E-state index in [1.54, 1.807) is 6.20 Å². The van der Waals surface area contributed by atoms with Gasteiger partial charge in [-0.15, -0.1) is 0 Å². The summed E-state index contributed by atoms with van der Waals surface area (Å²) in [6.45, 7) is 3.20. The lowest BCUT2D eigenvalue weighted by molar-refractivity contribution is -0.138. The number of amides is 3. The van der Waals surface area contributed by atoms with Crippen LogP contribution in [-0.4, -0.2) is 45.9 Å². The maximum Gasteiger partial charge on any atom is 0.315 e. The molecule has 8 nitrogen and oxygen atoms in total. The van der Waals surface area contributed by atoms with Crippen LogP contribution in [0.15, 0.2) is 36.7 Å². The van der Waals surface area contributed by atoms with E-state index in [-0.39, 0.29) is 41.9 Å². The number of hydrogen-bond acceptors (Lipinski definition) is 4. The molecule has 0 spiro atoms. The Kier molecular flexibility index (Phi) is 5.76. The summed E-state index contributed by atoms with van der Waals surface area (Å²) in [7, 11) is 0. The number of H-pyrrole nitrogens is 1. The molecule has 1 saturated carbocycles. The highest BCUT2D eigenvalue weighted by molar-refractivity contribution is 5.82. The van der Waals surface area contributed by atoms with Crippen LogP contribution in [-0.2, 0) is 4.79 Å². The first-order valence-corrected chi connectivity index (χ1v) is 11.9. The lowest BCUT2D eigenvalue weighted by atomic mass is 9.81. The Bertz CT molecular complexity index is 961. The Labute approximate surface area is 188 Å². The third kappa shape index (κ3) is 3.72. The predicted octanol–water partition coefficient (Wildman–Crippen LogP) is 3.34. The molecule has 5 atom stereocenters. The number of rotatable bonds is 4. The normalized spacial score (nSPS) is 28.9. The number of carbonyl (C=O) groups is 2. The van der Waals surface area contributed by atoms with E-state index in [1.807, 2.05) is 25.3 Å². The Morgan fingerprint density at radius 1 is 1.19 bits per heavy atom. The zero-order chi connectivity index (χ0) is 22.1. The molecule has 3 aliphatic rings. The Morgan fingerprint density at radius 2 is 2.03 bits per heavy atom. The van der Waals surface area contributed by atoms with E-state index in [1.165, 1.54) is 5.56 Å². The summed E-state index contributed by atoms with van der Waals surface area (Å²) in [6.07, 6.45) is 8.30. The van der Waals surface area contributed by atoms with Crippen molar-refractivity contribution in [3.8, 4) is 0 Å². The second-order valence-electron chi connectivity index (χ2n) is 9.11. The number of aromatic amines is 1. The molecule has 32 heavy (non-hydrogen) atoms. The highest BCUT2D eigenvalue weighted by Gasteiger charge is 2.49. The standard InChI is InChI=1S/C24H32N6O2/c1-2-25-24(32)29-19-10-6-4-8-16(19)23(31)30-14-11-17-20(22-26-12-13-27-22)28-18-9-5-3-7-15(18)21(17)30/h3,5,7,9,12-13,16-17,19-21,28H,2,4,6,8,10-11,14H2,1H3,(H,26,27)(H2,25,29,32)/t16-,17+,19+,20+,21-/m0/s1. The van der Waals surface area contributed by atoms with Gasteiger partial charge in [0.05, 0.1) is 18.0 Å². The fourth-order valence-corrected chi connectivity index (χ4v) is 5.88. The summed E-state index contributed by atoms with van der Waals surface area (Å²) in [6, 6.07) is 8.06. The van der Waals surface area contributed by atoms with Crippen molar-refractivity contribution in [1.29, 1.82) is 0 Å². The second kappa shape index (κ2) is 8.84. The molecule has 1 aliphatic carbocycles. The average Bonchev–Trinajstić information content (AvgIpc) is 3.49. The van der Waals surface area contributed by atoms with Gasteiger partial charge in [0, 0.05) is 43.1 Å². The minimum Gasteiger partial charge on any atom is -0.375 e. The van der Waals surface area contributed by atoms with Gasteiger partial charge < -0.3 is 25.8 Å². The second-order valence-corrected chi connectivity index (χ2v) is 9.11. The Balaban J connectivity index is 1.43. The fourth-order valence-electron chi connectivity index (χ4n) is 5.88. The topological polar surface area (TPSA) is 102 Å². The number of para-hydroxylation sites is 1. The molecular weight excluding hydrogens is 404 g/mol. The maximum absolute atomic E-state index is 13.9. The van der Waals surface area contributed by atoms with Gasteiger partial charge in [-0.25, -0.2) is 9.78 Å². The van der Waals surface area contributed by atoms with Gasteiger partial charge in [-0.1, -0.05) is 31.0 Å². The molecule has 8 heteroatoms. The highest BCUT2D eigenvalue weighted by Crippen LogP contribution is 2.51. The monoisotopic (exact) mass is 436 g/mol. The Hall–Kier alpha value is -3.03. The van der Waals surface area contributed by atoms with Crippen LogP contribution in [0.1, 0.15) is 62.5 Å². The summed E-state index contributed by atoms with van der Waals surface area (Å²) < 4.78 is 0. The third-order valence-electron chi connectivity index (χ3n) is 7.30. The first kappa shape index (κ1) is 20.8. The maximum atomic E-state index is 13.9. The molecule has 1 aromatic heterocycles. The number of carbonyl (C=O) groups excluding carboxylic acids is 2. The van der Waals surface area contributed by atoms with Crippen molar-refractivity contribution in [3.63, 3.8) is 0 Å². The van der Waals surface area contributed by atoms with E-state index in [4.69, 9.17) is 0 Å². The number of anilines is 1. The van der Waals surface area contributed by atoms with Crippen LogP contribution in [0.5, 0.6) is 0 Å². The lowest BCUT2D eigenvalue weighted by Gasteiger charge is -2.41. The predicted molar refractivity (Wildman–Crippen MR) is 122 cm³/mol. The lowest BCUT2D eigenvalue weighted by Crippen LogP contribution is -2.52. The highest BCUT2D eigenvalue weighted by atomic mass is 16.2. The smallest absolute Gasteiger partial charge is 0.315 e. The first-order chi connectivity index (χ1) is 15.7. The van der Waals surface area contributed by atoms with Gasteiger partial charge in [0.15, 0.2) is 0 Å². The van der Waals surface area contributed by atoms with Crippen molar-refractivity contribution in [2.45, 2.75) is 57.2 Å². The third-order valence-corrected chi connectivity index (χ3v) is 7.30. The number of aromatic nitrogens is 2. The molecule has 1 saturated heterocycles. The van der Waals surface area contributed by atoms with Crippen LogP contribution in [0, 0.1) is 11.8 Å². The first-order valence-electron chi connectivity index (χ1n) is 11.9. The summed E-state index contributed by atoms with van der Waals surface area (Å²) in [5, 5.41) is 9.54. The zero-order valence-corrected chi connectivity index (χ0v) is 18.5. The molecule has 2 aliphatic heterocycles. The molecule has 2 aromatic rings. The fraction of sp³-hybridized carbons (Fsp3) is 0.542. The SMILES string of the molecule is CCNC(=O)N[C@@H]1CCCC[C@@H]1C(=O)N1CC[C@@H]2[C@H](c3ncc[nH]3)Nc3ccccc3[C@@H]21. The zero-order valence-electron chi connectivity index (χ0n) is 18.5. The minimum absolute atomic E-state index is 0.0158. The summed E-state index contributed by atoms with van der Waals surface area (Å²) in [5.41, 5.74) is 2.24. The van der Waals surface area contributed by atoms with E-state index in [0.29, 0.717) is 6.54 Å². The van der Waals surface area contributed by atoms with Crippen LogP contribution in [0.4, 0.5) is 10.5 Å².